The molecule has 0 bridgehead atoms. The quantitative estimate of drug-likeness (QED) is 0.765. The molecule has 0 aliphatic heterocycles. The molecule has 6 heteroatoms. The minimum Gasteiger partial charge on any atom is -0.480 e. The molecule has 1 aromatic carbocycles. The summed E-state index contributed by atoms with van der Waals surface area (Å²) in [4.78, 5) is 36.0. The number of carbonyl (C=O) groups is 3. The van der Waals surface area contributed by atoms with Crippen molar-refractivity contribution < 1.29 is 19.5 Å². The number of benzene rings is 1. The lowest BCUT2D eigenvalue weighted by atomic mass is 9.81. The summed E-state index contributed by atoms with van der Waals surface area (Å²) in [6.45, 7) is 2.04. The van der Waals surface area contributed by atoms with Crippen LogP contribution in [0.25, 0.3) is 0 Å². The number of anilines is 1. The molecule has 6 nitrogen and oxygen atoms in total. The second-order valence-electron chi connectivity index (χ2n) is 7.29. The van der Waals surface area contributed by atoms with Gasteiger partial charge in [-0.3, -0.25) is 9.59 Å². The highest BCUT2D eigenvalue weighted by atomic mass is 16.4. The number of aliphatic carboxylic acids is 1. The van der Waals surface area contributed by atoms with Gasteiger partial charge in [-0.2, -0.15) is 0 Å². The molecule has 2 fully saturated rings. The van der Waals surface area contributed by atoms with Crippen molar-refractivity contribution >= 4 is 23.5 Å². The third-order valence-corrected chi connectivity index (χ3v) is 5.33. The van der Waals surface area contributed by atoms with Crippen LogP contribution in [0.2, 0.25) is 0 Å². The topological polar surface area (TPSA) is 95.5 Å². The number of rotatable bonds is 5. The van der Waals surface area contributed by atoms with E-state index in [-0.39, 0.29) is 11.8 Å². The number of hydrogen-bond acceptors (Lipinski definition) is 3. The first-order valence-electron chi connectivity index (χ1n) is 8.88. The molecular formula is C19H24N2O4. The first-order valence-corrected chi connectivity index (χ1v) is 8.88. The molecule has 2 aliphatic rings. The minimum atomic E-state index is -1.16. The average Bonchev–Trinajstić information content (AvgIpc) is 3.33. The van der Waals surface area contributed by atoms with Gasteiger partial charge in [-0.05, 0) is 49.4 Å². The highest BCUT2D eigenvalue weighted by Crippen LogP contribution is 2.38. The van der Waals surface area contributed by atoms with Crippen LogP contribution in [0.3, 0.4) is 0 Å². The Morgan fingerprint density at radius 1 is 1.08 bits per heavy atom. The summed E-state index contributed by atoms with van der Waals surface area (Å²) in [5, 5.41) is 15.1. The van der Waals surface area contributed by atoms with Gasteiger partial charge in [0, 0.05) is 17.2 Å². The van der Waals surface area contributed by atoms with Gasteiger partial charge >= 0.3 is 5.97 Å². The lowest BCUT2D eigenvalue weighted by molar-refractivity contribution is -0.146. The van der Waals surface area contributed by atoms with E-state index < -0.39 is 17.4 Å². The summed E-state index contributed by atoms with van der Waals surface area (Å²) < 4.78 is 0. The molecule has 2 aliphatic carbocycles. The van der Waals surface area contributed by atoms with Gasteiger partial charge < -0.3 is 15.7 Å². The van der Waals surface area contributed by atoms with Gasteiger partial charge in [0.05, 0.1) is 0 Å². The molecule has 2 saturated carbocycles. The molecule has 25 heavy (non-hydrogen) atoms. The molecular weight excluding hydrogens is 320 g/mol. The predicted octanol–water partition coefficient (Wildman–Crippen LogP) is 2.80. The van der Waals surface area contributed by atoms with E-state index >= 15 is 0 Å². The van der Waals surface area contributed by atoms with E-state index in [9.17, 15) is 19.5 Å². The summed E-state index contributed by atoms with van der Waals surface area (Å²) >= 11 is 0. The molecule has 3 rings (SSSR count). The van der Waals surface area contributed by atoms with E-state index in [0.717, 1.165) is 25.7 Å². The first-order chi connectivity index (χ1) is 11.9. The van der Waals surface area contributed by atoms with Crippen molar-refractivity contribution in [1.82, 2.24) is 5.32 Å². The van der Waals surface area contributed by atoms with Gasteiger partial charge in [0.1, 0.15) is 5.54 Å². The molecule has 0 radical (unpaired) electrons. The number of carbonyl (C=O) groups excluding carboxylic acids is 2. The maximum Gasteiger partial charge on any atom is 0.329 e. The maximum absolute atomic E-state index is 12.5. The van der Waals surface area contributed by atoms with E-state index in [4.69, 9.17) is 0 Å². The molecule has 0 aromatic heterocycles. The second-order valence-corrected chi connectivity index (χ2v) is 7.29. The van der Waals surface area contributed by atoms with Crippen LogP contribution in [0.15, 0.2) is 24.3 Å². The number of hydrogen-bond donors (Lipinski definition) is 3. The third kappa shape index (κ3) is 3.83. The highest BCUT2D eigenvalue weighted by Gasteiger charge is 2.41. The summed E-state index contributed by atoms with van der Waals surface area (Å²) in [6.07, 6.45) is 4.44. The largest absolute Gasteiger partial charge is 0.480 e. The van der Waals surface area contributed by atoms with Crippen molar-refractivity contribution in [2.45, 2.75) is 51.0 Å². The average molecular weight is 344 g/mol. The van der Waals surface area contributed by atoms with Crippen LogP contribution in [0, 0.1) is 11.8 Å². The number of nitrogens with one attached hydrogen (secondary N) is 2. The van der Waals surface area contributed by atoms with Crippen molar-refractivity contribution in [3.05, 3.63) is 29.8 Å². The van der Waals surface area contributed by atoms with Gasteiger partial charge in [0.25, 0.3) is 5.91 Å². The van der Waals surface area contributed by atoms with Gasteiger partial charge in [0.15, 0.2) is 0 Å². The van der Waals surface area contributed by atoms with E-state index in [1.54, 1.807) is 24.3 Å². The van der Waals surface area contributed by atoms with Crippen LogP contribution in [0.5, 0.6) is 0 Å². The lowest BCUT2D eigenvalue weighted by Gasteiger charge is -2.34. The zero-order chi connectivity index (χ0) is 18.0. The molecule has 2 unspecified atom stereocenters. The number of carboxylic acids is 1. The van der Waals surface area contributed by atoms with E-state index in [1.165, 1.54) is 0 Å². The molecule has 0 heterocycles. The van der Waals surface area contributed by atoms with E-state index in [0.29, 0.717) is 30.0 Å². The standard InChI is InChI=1S/C19H24N2O4/c1-12-11-15(12)17(23)20-14-7-5-13(6-8-14)16(22)21-19(18(24)25)9-3-2-4-10-19/h5-8,12,15H,2-4,9-11H2,1H3,(H,20,23)(H,21,22)(H,24,25). The van der Waals surface area contributed by atoms with Crippen molar-refractivity contribution in [2.75, 3.05) is 5.32 Å². The van der Waals surface area contributed by atoms with Crippen LogP contribution in [-0.4, -0.2) is 28.4 Å². The maximum atomic E-state index is 12.5. The van der Waals surface area contributed by atoms with E-state index in [2.05, 4.69) is 10.6 Å². The Balaban J connectivity index is 1.64. The molecule has 1 aromatic rings. The van der Waals surface area contributed by atoms with Crippen LogP contribution in [0.1, 0.15) is 55.8 Å². The summed E-state index contributed by atoms with van der Waals surface area (Å²) in [5.74, 6) is -0.824. The van der Waals surface area contributed by atoms with Gasteiger partial charge in [-0.1, -0.05) is 26.2 Å². The monoisotopic (exact) mass is 344 g/mol. The van der Waals surface area contributed by atoms with Crippen LogP contribution < -0.4 is 10.6 Å². The molecule has 0 saturated heterocycles. The lowest BCUT2D eigenvalue weighted by Crippen LogP contribution is -2.55. The summed E-state index contributed by atoms with van der Waals surface area (Å²) in [6, 6.07) is 6.57. The van der Waals surface area contributed by atoms with Gasteiger partial charge in [0.2, 0.25) is 5.91 Å². The minimum absolute atomic E-state index is 0.0109. The van der Waals surface area contributed by atoms with Crippen LogP contribution in [-0.2, 0) is 9.59 Å². The molecule has 3 N–H and O–H groups in total. The highest BCUT2D eigenvalue weighted by molar-refractivity contribution is 5.99. The zero-order valence-electron chi connectivity index (χ0n) is 14.4. The Bertz CT molecular complexity index is 677. The first kappa shape index (κ1) is 17.5. The zero-order valence-corrected chi connectivity index (χ0v) is 14.4. The van der Waals surface area contributed by atoms with Crippen molar-refractivity contribution in [3.8, 4) is 0 Å². The Kier molecular flexibility index (Phi) is 4.79. The fourth-order valence-electron chi connectivity index (χ4n) is 3.46. The number of carboxylic acid groups (broad SMARTS) is 1. The molecule has 2 atom stereocenters. The normalized spacial score (nSPS) is 24.2. The van der Waals surface area contributed by atoms with Crippen molar-refractivity contribution in [1.29, 1.82) is 0 Å². The summed E-state index contributed by atoms with van der Waals surface area (Å²) in [7, 11) is 0. The van der Waals surface area contributed by atoms with Gasteiger partial charge in [-0.25, -0.2) is 4.79 Å². The summed E-state index contributed by atoms with van der Waals surface area (Å²) in [5.41, 5.74) is -0.125. The van der Waals surface area contributed by atoms with Crippen LogP contribution in [0.4, 0.5) is 5.69 Å². The van der Waals surface area contributed by atoms with Crippen molar-refractivity contribution in [3.63, 3.8) is 0 Å². The third-order valence-electron chi connectivity index (χ3n) is 5.33. The van der Waals surface area contributed by atoms with Crippen molar-refractivity contribution in [2.24, 2.45) is 11.8 Å². The van der Waals surface area contributed by atoms with Gasteiger partial charge in [-0.15, -0.1) is 0 Å². The fourth-order valence-corrected chi connectivity index (χ4v) is 3.46. The van der Waals surface area contributed by atoms with Crippen LogP contribution >= 0.6 is 0 Å². The Labute approximate surface area is 147 Å². The fraction of sp³-hybridized carbons (Fsp3) is 0.526. The Morgan fingerprint density at radius 2 is 1.68 bits per heavy atom. The van der Waals surface area contributed by atoms with E-state index in [1.807, 2.05) is 6.92 Å². The Hall–Kier alpha value is -2.37. The predicted molar refractivity (Wildman–Crippen MR) is 93.3 cm³/mol. The number of amides is 2. The molecule has 134 valence electrons. The molecule has 2 amide bonds. The second kappa shape index (κ2) is 6.86. The Morgan fingerprint density at radius 3 is 2.20 bits per heavy atom. The smallest absolute Gasteiger partial charge is 0.329 e. The molecule has 0 spiro atoms. The SMILES string of the molecule is CC1CC1C(=O)Nc1ccc(C(=O)NC2(C(=O)O)CCCCC2)cc1.